The molecule has 0 saturated heterocycles. The Morgan fingerprint density at radius 1 is 1.54 bits per heavy atom. The fourth-order valence-corrected chi connectivity index (χ4v) is 3.48. The van der Waals surface area contributed by atoms with Gasteiger partial charge >= 0.3 is 0 Å². The molecule has 0 radical (unpaired) electrons. The van der Waals surface area contributed by atoms with Crippen molar-refractivity contribution in [2.24, 2.45) is 5.73 Å². The Labute approximate surface area is 84.0 Å². The van der Waals surface area contributed by atoms with Gasteiger partial charge in [0.25, 0.3) is 0 Å². The lowest BCUT2D eigenvalue weighted by Gasteiger charge is -2.41. The van der Waals surface area contributed by atoms with E-state index in [0.717, 1.165) is 13.0 Å². The molecule has 1 aromatic rings. The first-order valence-electron chi connectivity index (χ1n) is 5.09. The highest BCUT2D eigenvalue weighted by Crippen LogP contribution is 2.46. The number of hydrogen-bond acceptors (Lipinski definition) is 2. The van der Waals surface area contributed by atoms with Crippen LogP contribution in [-0.2, 0) is 11.8 Å². The molecule has 1 aliphatic carbocycles. The van der Waals surface area contributed by atoms with E-state index < -0.39 is 0 Å². The molecule has 1 heterocycles. The normalized spacial score (nSPS) is 19.8. The lowest BCUT2D eigenvalue weighted by atomic mass is 9.67. The largest absolute Gasteiger partial charge is 0.330 e. The van der Waals surface area contributed by atoms with Crippen LogP contribution in [0.2, 0.25) is 0 Å². The first-order valence-corrected chi connectivity index (χ1v) is 5.97. The first kappa shape index (κ1) is 9.22. The zero-order chi connectivity index (χ0) is 9.31. The van der Waals surface area contributed by atoms with Gasteiger partial charge in [-0.2, -0.15) is 0 Å². The van der Waals surface area contributed by atoms with Crippen molar-refractivity contribution < 1.29 is 0 Å². The predicted molar refractivity (Wildman–Crippen MR) is 58.3 cm³/mol. The monoisotopic (exact) mass is 195 g/mol. The Morgan fingerprint density at radius 3 is 2.77 bits per heavy atom. The first-order chi connectivity index (χ1) is 6.32. The van der Waals surface area contributed by atoms with Gasteiger partial charge in [-0.05, 0) is 36.3 Å². The molecule has 0 unspecified atom stereocenters. The molecule has 0 aromatic carbocycles. The van der Waals surface area contributed by atoms with Crippen LogP contribution in [0.4, 0.5) is 0 Å². The summed E-state index contributed by atoms with van der Waals surface area (Å²) in [5.74, 6) is 0. The number of hydrogen-bond donors (Lipinski definition) is 1. The predicted octanol–water partition coefficient (Wildman–Crippen LogP) is 2.69. The molecule has 2 N–H and O–H groups in total. The van der Waals surface area contributed by atoms with Crippen molar-refractivity contribution in [2.75, 3.05) is 6.54 Å². The second kappa shape index (κ2) is 3.43. The fourth-order valence-electron chi connectivity index (χ4n) is 2.21. The molecule has 72 valence electrons. The minimum atomic E-state index is 0.375. The summed E-state index contributed by atoms with van der Waals surface area (Å²) in [7, 11) is 0. The summed E-state index contributed by atoms with van der Waals surface area (Å²) in [6.07, 6.45) is 5.12. The van der Waals surface area contributed by atoms with Crippen LogP contribution >= 0.6 is 11.3 Å². The van der Waals surface area contributed by atoms with E-state index in [1.165, 1.54) is 24.8 Å². The molecule has 0 aliphatic heterocycles. The Bertz CT molecular complexity index is 281. The summed E-state index contributed by atoms with van der Waals surface area (Å²) >= 11 is 1.90. The zero-order valence-corrected chi connectivity index (χ0v) is 8.99. The molecule has 1 saturated carbocycles. The number of nitrogens with two attached hydrogens (primary N) is 1. The van der Waals surface area contributed by atoms with Crippen molar-refractivity contribution in [3.05, 3.63) is 21.9 Å². The highest BCUT2D eigenvalue weighted by atomic mass is 32.1. The Balaban J connectivity index is 2.32. The lowest BCUT2D eigenvalue weighted by molar-refractivity contribution is 0.257. The Hall–Kier alpha value is -0.340. The maximum atomic E-state index is 5.89. The van der Waals surface area contributed by atoms with E-state index in [0.29, 0.717) is 5.41 Å². The molecule has 1 nitrogen and oxygen atoms in total. The van der Waals surface area contributed by atoms with Crippen LogP contribution in [0.15, 0.2) is 11.4 Å². The molecule has 0 atom stereocenters. The molecule has 0 amide bonds. The smallest absolute Gasteiger partial charge is 0.0172 e. The Kier molecular flexibility index (Phi) is 2.43. The summed E-state index contributed by atoms with van der Waals surface area (Å²) in [6.45, 7) is 3.06. The molecular weight excluding hydrogens is 178 g/mol. The van der Waals surface area contributed by atoms with Crippen molar-refractivity contribution in [3.8, 4) is 0 Å². The highest BCUT2D eigenvalue weighted by Gasteiger charge is 2.39. The average Bonchev–Trinajstić information content (AvgIpc) is 2.52. The van der Waals surface area contributed by atoms with E-state index in [1.807, 2.05) is 11.3 Å². The molecule has 2 heteroatoms. The van der Waals surface area contributed by atoms with Gasteiger partial charge in [0, 0.05) is 16.8 Å². The molecular formula is C11H17NS. The summed E-state index contributed by atoms with van der Waals surface area (Å²) in [6, 6.07) is 2.26. The van der Waals surface area contributed by atoms with Gasteiger partial charge in [0.2, 0.25) is 0 Å². The van der Waals surface area contributed by atoms with Crippen LogP contribution in [0.3, 0.4) is 0 Å². The molecule has 2 rings (SSSR count). The summed E-state index contributed by atoms with van der Waals surface area (Å²) < 4.78 is 0. The van der Waals surface area contributed by atoms with Crippen molar-refractivity contribution in [1.29, 1.82) is 0 Å². The van der Waals surface area contributed by atoms with Gasteiger partial charge < -0.3 is 5.73 Å². The van der Waals surface area contributed by atoms with Gasteiger partial charge in [-0.15, -0.1) is 11.3 Å². The second-order valence-electron chi connectivity index (χ2n) is 3.97. The van der Waals surface area contributed by atoms with Crippen LogP contribution < -0.4 is 5.73 Å². The van der Waals surface area contributed by atoms with Crippen LogP contribution in [0.25, 0.3) is 0 Å². The van der Waals surface area contributed by atoms with Crippen molar-refractivity contribution in [2.45, 2.75) is 38.0 Å². The van der Waals surface area contributed by atoms with Gasteiger partial charge in [0.15, 0.2) is 0 Å². The van der Waals surface area contributed by atoms with Gasteiger partial charge in [0.1, 0.15) is 0 Å². The summed E-state index contributed by atoms with van der Waals surface area (Å²) in [5, 5.41) is 2.21. The third-order valence-electron chi connectivity index (χ3n) is 3.31. The van der Waals surface area contributed by atoms with Crippen LogP contribution in [-0.4, -0.2) is 6.54 Å². The quantitative estimate of drug-likeness (QED) is 0.788. The molecule has 1 aromatic heterocycles. The molecule has 1 fully saturated rings. The van der Waals surface area contributed by atoms with E-state index in [4.69, 9.17) is 5.73 Å². The van der Waals surface area contributed by atoms with Crippen molar-refractivity contribution in [3.63, 3.8) is 0 Å². The maximum Gasteiger partial charge on any atom is 0.0172 e. The number of rotatable bonds is 3. The summed E-state index contributed by atoms with van der Waals surface area (Å²) in [5.41, 5.74) is 7.79. The SMILES string of the molecule is CCc1ccsc1C1(CN)CCC1. The number of thiophene rings is 1. The van der Waals surface area contributed by atoms with Crippen LogP contribution in [0.5, 0.6) is 0 Å². The third kappa shape index (κ3) is 1.32. The highest BCUT2D eigenvalue weighted by molar-refractivity contribution is 7.10. The van der Waals surface area contributed by atoms with E-state index in [2.05, 4.69) is 18.4 Å². The second-order valence-corrected chi connectivity index (χ2v) is 4.88. The lowest BCUT2D eigenvalue weighted by Crippen LogP contribution is -2.41. The van der Waals surface area contributed by atoms with Crippen molar-refractivity contribution in [1.82, 2.24) is 0 Å². The molecule has 0 spiro atoms. The maximum absolute atomic E-state index is 5.89. The van der Waals surface area contributed by atoms with Gasteiger partial charge in [0.05, 0.1) is 0 Å². The van der Waals surface area contributed by atoms with Crippen LogP contribution in [0, 0.1) is 0 Å². The van der Waals surface area contributed by atoms with Gasteiger partial charge in [-0.3, -0.25) is 0 Å². The standard InChI is InChI=1S/C11H17NS/c1-2-9-4-7-13-10(9)11(8-12)5-3-6-11/h4,7H,2-3,5-6,8,12H2,1H3. The summed E-state index contributed by atoms with van der Waals surface area (Å²) in [4.78, 5) is 1.57. The minimum Gasteiger partial charge on any atom is -0.330 e. The molecule has 13 heavy (non-hydrogen) atoms. The van der Waals surface area contributed by atoms with E-state index in [9.17, 15) is 0 Å². The Morgan fingerprint density at radius 2 is 2.31 bits per heavy atom. The van der Waals surface area contributed by atoms with Gasteiger partial charge in [-0.25, -0.2) is 0 Å². The zero-order valence-electron chi connectivity index (χ0n) is 8.18. The fraction of sp³-hybridized carbons (Fsp3) is 0.636. The van der Waals surface area contributed by atoms with Gasteiger partial charge in [-0.1, -0.05) is 13.3 Å². The topological polar surface area (TPSA) is 26.0 Å². The van der Waals surface area contributed by atoms with E-state index in [-0.39, 0.29) is 0 Å². The number of aryl methyl sites for hydroxylation is 1. The van der Waals surface area contributed by atoms with Crippen LogP contribution in [0.1, 0.15) is 36.6 Å². The van der Waals surface area contributed by atoms with E-state index >= 15 is 0 Å². The average molecular weight is 195 g/mol. The minimum absolute atomic E-state index is 0.375. The van der Waals surface area contributed by atoms with Crippen molar-refractivity contribution >= 4 is 11.3 Å². The van der Waals surface area contributed by atoms with E-state index in [1.54, 1.807) is 4.88 Å². The third-order valence-corrected chi connectivity index (χ3v) is 4.51. The molecule has 1 aliphatic rings. The molecule has 0 bridgehead atoms.